The Balaban J connectivity index is 1.41. The van der Waals surface area contributed by atoms with Crippen LogP contribution in [0.25, 0.3) is 16.6 Å². The summed E-state index contributed by atoms with van der Waals surface area (Å²) in [7, 11) is 5.52. The van der Waals surface area contributed by atoms with Crippen molar-refractivity contribution in [1.82, 2.24) is 24.8 Å². The summed E-state index contributed by atoms with van der Waals surface area (Å²) < 4.78 is 10.9. The number of amides is 1. The topological polar surface area (TPSA) is 95.6 Å². The molecule has 2 N–H and O–H groups in total. The minimum absolute atomic E-state index is 0.0487. The van der Waals surface area contributed by atoms with Gasteiger partial charge in [0.15, 0.2) is 0 Å². The second-order valence-electron chi connectivity index (χ2n) is 9.15. The van der Waals surface area contributed by atoms with Crippen LogP contribution in [0.2, 0.25) is 0 Å². The number of carbonyl (C=O) groups excluding carboxylic acids is 1. The molecule has 0 bridgehead atoms. The molecule has 0 fully saturated rings. The maximum absolute atomic E-state index is 13.0. The van der Waals surface area contributed by atoms with E-state index in [0.29, 0.717) is 31.4 Å². The molecular weight excluding hydrogens is 468 g/mol. The van der Waals surface area contributed by atoms with Crippen molar-refractivity contribution in [3.8, 4) is 0 Å². The molecular formula is C28H36N6O3. The first kappa shape index (κ1) is 26.4. The summed E-state index contributed by atoms with van der Waals surface area (Å²) in [5.74, 6) is 0.470. The standard InChI is InChI=1S/C28H36N6O3/c1-5-22(37-17-16-36-4)12-15-34(3)27(35)25-19-20-18-21(9-10-23(20)31-25)30-28-29-13-11-24(32-28)26-8-6-7-14-33(26)2/h6-11,13,18-19,22,31H,5,12,14-17H2,1-4H3,(H,29,30,32). The number of aromatic nitrogens is 3. The molecule has 9 heteroatoms. The molecule has 1 aliphatic rings. The molecule has 0 saturated heterocycles. The van der Waals surface area contributed by atoms with Gasteiger partial charge in [-0.05, 0) is 49.2 Å². The van der Waals surface area contributed by atoms with Crippen LogP contribution >= 0.6 is 0 Å². The van der Waals surface area contributed by atoms with E-state index in [1.807, 2.05) is 56.6 Å². The van der Waals surface area contributed by atoms with Gasteiger partial charge in [-0.3, -0.25) is 4.79 Å². The van der Waals surface area contributed by atoms with Crippen molar-refractivity contribution in [3.63, 3.8) is 0 Å². The van der Waals surface area contributed by atoms with Gasteiger partial charge in [-0.15, -0.1) is 0 Å². The molecule has 0 aliphatic carbocycles. The summed E-state index contributed by atoms with van der Waals surface area (Å²) in [5, 5.41) is 4.23. The van der Waals surface area contributed by atoms with Crippen LogP contribution in [-0.2, 0) is 9.47 Å². The first-order chi connectivity index (χ1) is 18.0. The summed E-state index contributed by atoms with van der Waals surface area (Å²) in [6.07, 6.45) is 9.73. The number of allylic oxidation sites excluding steroid dienone is 2. The highest BCUT2D eigenvalue weighted by molar-refractivity contribution is 5.98. The molecule has 3 heterocycles. The number of methoxy groups -OCH3 is 1. The summed E-state index contributed by atoms with van der Waals surface area (Å²) >= 11 is 0. The van der Waals surface area contributed by atoms with Crippen LogP contribution in [-0.4, -0.2) is 84.3 Å². The Morgan fingerprint density at radius 2 is 2.14 bits per heavy atom. The number of likely N-dealkylation sites (N-methyl/N-ethyl adjacent to an activating group) is 1. The molecule has 0 spiro atoms. The number of rotatable bonds is 12. The summed E-state index contributed by atoms with van der Waals surface area (Å²) in [6, 6.07) is 9.69. The van der Waals surface area contributed by atoms with Gasteiger partial charge in [0, 0.05) is 57.1 Å². The van der Waals surface area contributed by atoms with Crippen molar-refractivity contribution >= 4 is 34.1 Å². The third-order valence-electron chi connectivity index (χ3n) is 6.44. The van der Waals surface area contributed by atoms with E-state index >= 15 is 0 Å². The van der Waals surface area contributed by atoms with Gasteiger partial charge in [-0.25, -0.2) is 9.97 Å². The van der Waals surface area contributed by atoms with Gasteiger partial charge in [0.05, 0.1) is 30.7 Å². The van der Waals surface area contributed by atoms with E-state index in [0.717, 1.165) is 47.4 Å². The van der Waals surface area contributed by atoms with Gasteiger partial charge in [0.2, 0.25) is 5.95 Å². The third kappa shape index (κ3) is 6.75. The van der Waals surface area contributed by atoms with Crippen molar-refractivity contribution in [2.45, 2.75) is 25.9 Å². The van der Waals surface area contributed by atoms with Gasteiger partial charge in [0.1, 0.15) is 5.69 Å². The van der Waals surface area contributed by atoms with Crippen LogP contribution in [0.3, 0.4) is 0 Å². The van der Waals surface area contributed by atoms with E-state index < -0.39 is 0 Å². The molecule has 37 heavy (non-hydrogen) atoms. The smallest absolute Gasteiger partial charge is 0.270 e. The number of hydrogen-bond donors (Lipinski definition) is 2. The number of hydrogen-bond acceptors (Lipinski definition) is 7. The second-order valence-corrected chi connectivity index (χ2v) is 9.15. The normalized spacial score (nSPS) is 14.1. The molecule has 0 saturated carbocycles. The van der Waals surface area contributed by atoms with Gasteiger partial charge in [-0.2, -0.15) is 0 Å². The molecule has 2 aromatic heterocycles. The number of H-pyrrole nitrogens is 1. The van der Waals surface area contributed by atoms with Gasteiger partial charge >= 0.3 is 0 Å². The maximum atomic E-state index is 13.0. The lowest BCUT2D eigenvalue weighted by Gasteiger charge is -2.23. The fourth-order valence-corrected chi connectivity index (χ4v) is 4.25. The lowest BCUT2D eigenvalue weighted by molar-refractivity contribution is 0.00814. The Hall–Kier alpha value is -3.69. The van der Waals surface area contributed by atoms with Crippen molar-refractivity contribution in [1.29, 1.82) is 0 Å². The zero-order chi connectivity index (χ0) is 26.2. The number of nitrogens with zero attached hydrogens (tertiary/aromatic N) is 4. The first-order valence-electron chi connectivity index (χ1n) is 12.7. The average Bonchev–Trinajstić information content (AvgIpc) is 3.34. The molecule has 0 radical (unpaired) electrons. The fourth-order valence-electron chi connectivity index (χ4n) is 4.25. The highest BCUT2D eigenvalue weighted by Crippen LogP contribution is 2.24. The monoisotopic (exact) mass is 504 g/mol. The number of ether oxygens (including phenoxy) is 2. The van der Waals surface area contributed by atoms with E-state index in [9.17, 15) is 4.79 Å². The van der Waals surface area contributed by atoms with Crippen LogP contribution in [0, 0.1) is 0 Å². The average molecular weight is 505 g/mol. The minimum atomic E-state index is -0.0487. The van der Waals surface area contributed by atoms with Crippen LogP contribution in [0.15, 0.2) is 54.8 Å². The maximum Gasteiger partial charge on any atom is 0.270 e. The van der Waals surface area contributed by atoms with E-state index in [4.69, 9.17) is 14.5 Å². The zero-order valence-electron chi connectivity index (χ0n) is 22.0. The Morgan fingerprint density at radius 1 is 1.27 bits per heavy atom. The number of fused-ring (bicyclic) bond motifs is 1. The molecule has 1 atom stereocenters. The van der Waals surface area contributed by atoms with Crippen LogP contribution < -0.4 is 5.32 Å². The zero-order valence-corrected chi connectivity index (χ0v) is 22.0. The Morgan fingerprint density at radius 3 is 2.92 bits per heavy atom. The van der Waals surface area contributed by atoms with Crippen molar-refractivity contribution in [2.24, 2.45) is 0 Å². The van der Waals surface area contributed by atoms with Crippen molar-refractivity contribution < 1.29 is 14.3 Å². The van der Waals surface area contributed by atoms with E-state index in [2.05, 4.69) is 33.2 Å². The Bertz CT molecular complexity index is 1270. The molecule has 4 rings (SSSR count). The summed E-state index contributed by atoms with van der Waals surface area (Å²) in [6.45, 7) is 4.68. The highest BCUT2D eigenvalue weighted by Gasteiger charge is 2.17. The number of carbonyl (C=O) groups is 1. The molecule has 196 valence electrons. The highest BCUT2D eigenvalue weighted by atomic mass is 16.5. The fraction of sp³-hybridized carbons (Fsp3) is 0.393. The molecule has 1 aliphatic heterocycles. The molecule has 1 aromatic carbocycles. The van der Waals surface area contributed by atoms with Crippen molar-refractivity contribution in [2.75, 3.05) is 52.8 Å². The number of anilines is 2. The Labute approximate surface area is 218 Å². The molecule has 1 unspecified atom stereocenters. The predicted octanol–water partition coefficient (Wildman–Crippen LogP) is 4.45. The number of nitrogens with one attached hydrogen (secondary N) is 2. The second kappa shape index (κ2) is 12.5. The first-order valence-corrected chi connectivity index (χ1v) is 12.7. The van der Waals surface area contributed by atoms with E-state index in [-0.39, 0.29) is 12.0 Å². The van der Waals surface area contributed by atoms with Gasteiger partial charge in [0.25, 0.3) is 5.91 Å². The summed E-state index contributed by atoms with van der Waals surface area (Å²) in [5.41, 5.74) is 4.21. The van der Waals surface area contributed by atoms with Gasteiger partial charge < -0.3 is 29.6 Å². The molecule has 9 nitrogen and oxygen atoms in total. The lowest BCUT2D eigenvalue weighted by atomic mass is 10.2. The van der Waals surface area contributed by atoms with Crippen LogP contribution in [0.4, 0.5) is 11.6 Å². The lowest BCUT2D eigenvalue weighted by Crippen LogP contribution is -2.31. The molecule has 3 aromatic rings. The largest absolute Gasteiger partial charge is 0.382 e. The van der Waals surface area contributed by atoms with Gasteiger partial charge in [-0.1, -0.05) is 19.1 Å². The summed E-state index contributed by atoms with van der Waals surface area (Å²) in [4.78, 5) is 29.3. The quantitative estimate of drug-likeness (QED) is 0.352. The molecule has 1 amide bonds. The Kier molecular flexibility index (Phi) is 8.92. The SMILES string of the molecule is CCC(CCN(C)C(=O)c1cc2cc(Nc3nccc(C4=CC=CCN4C)n3)ccc2[nH]1)OCCOC. The van der Waals surface area contributed by atoms with E-state index in [1.54, 1.807) is 18.2 Å². The van der Waals surface area contributed by atoms with Crippen molar-refractivity contribution in [3.05, 3.63) is 66.1 Å². The van der Waals surface area contributed by atoms with Crippen LogP contribution in [0.5, 0.6) is 0 Å². The number of aromatic amines is 1. The predicted molar refractivity (Wildman–Crippen MR) is 147 cm³/mol. The van der Waals surface area contributed by atoms with Crippen LogP contribution in [0.1, 0.15) is 35.9 Å². The van der Waals surface area contributed by atoms with E-state index in [1.165, 1.54) is 0 Å². The third-order valence-corrected chi connectivity index (χ3v) is 6.44. The minimum Gasteiger partial charge on any atom is -0.382 e. The number of benzene rings is 1.